The number of aliphatic hydroxyl groups is 1. The van der Waals surface area contributed by atoms with Crippen molar-refractivity contribution in [1.29, 1.82) is 0 Å². The van der Waals surface area contributed by atoms with Crippen LogP contribution in [-0.4, -0.2) is 27.3 Å². The summed E-state index contributed by atoms with van der Waals surface area (Å²) in [7, 11) is -3.90. The summed E-state index contributed by atoms with van der Waals surface area (Å²) in [5.41, 5.74) is 0.0630. The third kappa shape index (κ3) is 6.78. The van der Waals surface area contributed by atoms with Crippen LogP contribution in [0.1, 0.15) is 61.0 Å². The Kier molecular flexibility index (Phi) is 7.14. The molecule has 28 heavy (non-hydrogen) atoms. The molecule has 0 heterocycles. The normalized spacial score (nSPS) is 14.5. The Morgan fingerprint density at radius 2 is 1.25 bits per heavy atom. The molecule has 0 saturated carbocycles. The van der Waals surface area contributed by atoms with Crippen molar-refractivity contribution in [2.45, 2.75) is 97.3 Å². The van der Waals surface area contributed by atoms with E-state index in [2.05, 4.69) is 67.7 Å². The summed E-state index contributed by atoms with van der Waals surface area (Å²) < 4.78 is 13.1. The Labute approximate surface area is 175 Å². The fourth-order valence-electron chi connectivity index (χ4n) is 1.98. The maximum atomic E-state index is 10.2. The SMILES string of the molecule is CC(C)(O)/C=C/c1cc(O[Si](C)(C)C(C)(C)C)ccc1O[Si](C)(C)C(C)(C)C. The van der Waals surface area contributed by atoms with E-state index in [0.29, 0.717) is 0 Å². The molecule has 0 unspecified atom stereocenters. The van der Waals surface area contributed by atoms with Gasteiger partial charge in [0.25, 0.3) is 8.32 Å². The van der Waals surface area contributed by atoms with E-state index < -0.39 is 22.2 Å². The van der Waals surface area contributed by atoms with E-state index in [4.69, 9.17) is 8.85 Å². The minimum Gasteiger partial charge on any atom is -0.543 e. The average Bonchev–Trinajstić information content (AvgIpc) is 2.43. The van der Waals surface area contributed by atoms with Gasteiger partial charge in [0.05, 0.1) is 5.60 Å². The lowest BCUT2D eigenvalue weighted by Gasteiger charge is -2.38. The van der Waals surface area contributed by atoms with Gasteiger partial charge in [-0.1, -0.05) is 53.7 Å². The van der Waals surface area contributed by atoms with Crippen LogP contribution in [0.25, 0.3) is 6.08 Å². The van der Waals surface area contributed by atoms with E-state index in [-0.39, 0.29) is 10.1 Å². The van der Waals surface area contributed by atoms with Gasteiger partial charge in [-0.2, -0.15) is 0 Å². The summed E-state index contributed by atoms with van der Waals surface area (Å²) in [5.74, 6) is 1.72. The lowest BCUT2D eigenvalue weighted by atomic mass is 10.1. The molecular formula is C23H42O3Si2. The minimum absolute atomic E-state index is 0.112. The van der Waals surface area contributed by atoms with Crippen molar-refractivity contribution < 1.29 is 14.0 Å². The summed E-state index contributed by atoms with van der Waals surface area (Å²) in [4.78, 5) is 0. The maximum Gasteiger partial charge on any atom is 0.250 e. The number of hydrogen-bond donors (Lipinski definition) is 1. The van der Waals surface area contributed by atoms with Gasteiger partial charge in [0.1, 0.15) is 11.5 Å². The molecule has 0 aliphatic heterocycles. The quantitative estimate of drug-likeness (QED) is 0.491. The zero-order chi connectivity index (χ0) is 22.2. The van der Waals surface area contributed by atoms with Gasteiger partial charge in [-0.3, -0.25) is 0 Å². The van der Waals surface area contributed by atoms with Gasteiger partial charge in [-0.25, -0.2) is 0 Å². The number of benzene rings is 1. The van der Waals surface area contributed by atoms with Crippen LogP contribution in [0.5, 0.6) is 11.5 Å². The highest BCUT2D eigenvalue weighted by atomic mass is 28.4. The van der Waals surface area contributed by atoms with Crippen LogP contribution in [0.3, 0.4) is 0 Å². The van der Waals surface area contributed by atoms with Crippen molar-refractivity contribution in [3.05, 3.63) is 29.8 Å². The lowest BCUT2D eigenvalue weighted by Crippen LogP contribution is -2.44. The third-order valence-corrected chi connectivity index (χ3v) is 14.7. The first-order chi connectivity index (χ1) is 12.3. The second kappa shape index (κ2) is 8.00. The third-order valence-electron chi connectivity index (χ3n) is 6.00. The molecule has 3 nitrogen and oxygen atoms in total. The lowest BCUT2D eigenvalue weighted by molar-refractivity contribution is 0.134. The van der Waals surface area contributed by atoms with Gasteiger partial charge >= 0.3 is 0 Å². The molecule has 5 heteroatoms. The Morgan fingerprint density at radius 1 is 0.786 bits per heavy atom. The van der Waals surface area contributed by atoms with Crippen LogP contribution in [0.4, 0.5) is 0 Å². The molecule has 0 spiro atoms. The molecule has 1 rings (SSSR count). The van der Waals surface area contributed by atoms with Gasteiger partial charge in [0.2, 0.25) is 8.32 Å². The molecule has 1 aromatic rings. The van der Waals surface area contributed by atoms with Gasteiger partial charge in [0.15, 0.2) is 0 Å². The van der Waals surface area contributed by atoms with E-state index in [1.165, 1.54) is 0 Å². The smallest absolute Gasteiger partial charge is 0.250 e. The number of rotatable bonds is 6. The second-order valence-electron chi connectivity index (χ2n) is 11.4. The van der Waals surface area contributed by atoms with Crippen LogP contribution >= 0.6 is 0 Å². The summed E-state index contributed by atoms with van der Waals surface area (Å²) >= 11 is 0. The molecule has 0 radical (unpaired) electrons. The largest absolute Gasteiger partial charge is 0.543 e. The van der Waals surface area contributed by atoms with Crippen LogP contribution in [0.2, 0.25) is 36.3 Å². The molecule has 0 bridgehead atoms. The van der Waals surface area contributed by atoms with Crippen molar-refractivity contribution >= 4 is 22.7 Å². The summed E-state index contributed by atoms with van der Waals surface area (Å²) in [5, 5.41) is 10.4. The predicted octanol–water partition coefficient (Wildman–Crippen LogP) is 7.24. The average molecular weight is 423 g/mol. The van der Waals surface area contributed by atoms with Gasteiger partial charge in [0, 0.05) is 5.56 Å². The van der Waals surface area contributed by atoms with Crippen molar-refractivity contribution in [1.82, 2.24) is 0 Å². The van der Waals surface area contributed by atoms with Gasteiger partial charge in [-0.05, 0) is 68.3 Å². The molecule has 1 N–H and O–H groups in total. The van der Waals surface area contributed by atoms with E-state index >= 15 is 0 Å². The monoisotopic (exact) mass is 422 g/mol. The first-order valence-corrected chi connectivity index (χ1v) is 16.0. The summed E-state index contributed by atoms with van der Waals surface area (Å²) in [6.45, 7) is 26.0. The zero-order valence-electron chi connectivity index (χ0n) is 20.2. The molecule has 0 amide bonds. The predicted molar refractivity (Wildman–Crippen MR) is 127 cm³/mol. The molecule has 0 fully saturated rings. The molecule has 1 aromatic carbocycles. The summed E-state index contributed by atoms with van der Waals surface area (Å²) in [6, 6.07) is 6.09. The highest BCUT2D eigenvalue weighted by molar-refractivity contribution is 6.75. The fraction of sp³-hybridized carbons (Fsp3) is 0.652. The topological polar surface area (TPSA) is 38.7 Å². The van der Waals surface area contributed by atoms with Crippen LogP contribution in [-0.2, 0) is 0 Å². The molecule has 0 saturated heterocycles. The maximum absolute atomic E-state index is 10.2. The molecule has 160 valence electrons. The van der Waals surface area contributed by atoms with Crippen molar-refractivity contribution in [2.75, 3.05) is 0 Å². The Hall–Kier alpha value is -1.05. The van der Waals surface area contributed by atoms with E-state index in [1.807, 2.05) is 24.3 Å². The van der Waals surface area contributed by atoms with E-state index in [1.54, 1.807) is 19.9 Å². The van der Waals surface area contributed by atoms with Crippen molar-refractivity contribution in [2.24, 2.45) is 0 Å². The Balaban J connectivity index is 3.37. The first kappa shape index (κ1) is 25.0. The molecule has 0 atom stereocenters. The zero-order valence-corrected chi connectivity index (χ0v) is 22.2. The van der Waals surface area contributed by atoms with Crippen LogP contribution in [0.15, 0.2) is 24.3 Å². The van der Waals surface area contributed by atoms with Gasteiger partial charge in [-0.15, -0.1) is 0 Å². The standard InChI is InChI=1S/C23H42O3Si2/c1-21(2,3)27(9,10)25-19-13-14-20(26-28(11,12)22(4,5)6)18(17-19)15-16-23(7,8)24/h13-17,24H,1-12H3/b16-15+. The van der Waals surface area contributed by atoms with Crippen molar-refractivity contribution in [3.8, 4) is 11.5 Å². The molecule has 0 aliphatic carbocycles. The number of hydrogen-bond acceptors (Lipinski definition) is 3. The Bertz CT molecular complexity index is 700. The minimum atomic E-state index is -1.97. The van der Waals surface area contributed by atoms with Crippen LogP contribution < -0.4 is 8.85 Å². The van der Waals surface area contributed by atoms with E-state index in [9.17, 15) is 5.11 Å². The highest BCUT2D eigenvalue weighted by Gasteiger charge is 2.40. The molecule has 0 aromatic heterocycles. The second-order valence-corrected chi connectivity index (χ2v) is 20.9. The van der Waals surface area contributed by atoms with Gasteiger partial charge < -0.3 is 14.0 Å². The van der Waals surface area contributed by atoms with Crippen molar-refractivity contribution in [3.63, 3.8) is 0 Å². The first-order valence-electron chi connectivity index (χ1n) is 10.2. The summed E-state index contributed by atoms with van der Waals surface area (Å²) in [6.07, 6.45) is 3.75. The fourth-order valence-corrected chi connectivity index (χ4v) is 4.05. The molecule has 0 aliphatic rings. The highest BCUT2D eigenvalue weighted by Crippen LogP contribution is 2.41. The molecular weight excluding hydrogens is 380 g/mol. The van der Waals surface area contributed by atoms with Crippen LogP contribution in [0, 0.1) is 0 Å². The van der Waals surface area contributed by atoms with E-state index in [0.717, 1.165) is 17.1 Å². The Morgan fingerprint density at radius 3 is 1.68 bits per heavy atom.